The molecule has 2 aromatic rings. The smallest absolute Gasteiger partial charge is 0.255 e. The first-order valence-electron chi connectivity index (χ1n) is 11.1. The maximum atomic E-state index is 13.1. The minimum Gasteiger partial charge on any atom is -0.365 e. The van der Waals surface area contributed by atoms with Gasteiger partial charge in [-0.15, -0.1) is 0 Å². The van der Waals surface area contributed by atoms with Crippen LogP contribution in [0.5, 0.6) is 0 Å². The molecule has 0 saturated carbocycles. The molecule has 4 heterocycles. The first-order valence-corrected chi connectivity index (χ1v) is 11.1. The van der Waals surface area contributed by atoms with Crippen LogP contribution in [0.4, 0.5) is 0 Å². The van der Waals surface area contributed by atoms with Crippen LogP contribution in [0.15, 0.2) is 29.7 Å². The molecule has 9 nitrogen and oxygen atoms in total. The maximum Gasteiger partial charge on any atom is 0.255 e. The molecule has 1 aliphatic carbocycles. The molecule has 2 aromatic heterocycles. The summed E-state index contributed by atoms with van der Waals surface area (Å²) in [7, 11) is 0. The van der Waals surface area contributed by atoms with E-state index in [0.717, 1.165) is 31.5 Å². The molecule has 2 amide bonds. The molecule has 0 atom stereocenters. The van der Waals surface area contributed by atoms with Gasteiger partial charge in [0.1, 0.15) is 5.52 Å². The molecular formula is C23H28N6O3. The van der Waals surface area contributed by atoms with E-state index < -0.39 is 5.91 Å². The molecular weight excluding hydrogens is 408 g/mol. The average Bonchev–Trinajstić information content (AvgIpc) is 3.37. The fraction of sp³-hybridized carbons (Fsp3) is 0.478. The van der Waals surface area contributed by atoms with Gasteiger partial charge >= 0.3 is 0 Å². The Kier molecular flexibility index (Phi) is 4.81. The second-order valence-corrected chi connectivity index (χ2v) is 9.51. The normalized spacial score (nSPS) is 20.5. The molecule has 168 valence electrons. The number of hydrazine groups is 1. The summed E-state index contributed by atoms with van der Waals surface area (Å²) in [5.41, 5.74) is 12.6. The third kappa shape index (κ3) is 3.28. The van der Waals surface area contributed by atoms with Crippen LogP contribution in [0.25, 0.3) is 11.0 Å². The van der Waals surface area contributed by atoms with E-state index >= 15 is 0 Å². The number of carbonyl (C=O) groups excluding carboxylic acids is 3. The number of allylic oxidation sites excluding steroid dienone is 1. The van der Waals surface area contributed by atoms with Crippen LogP contribution < -0.4 is 11.2 Å². The number of hydrogen-bond donors (Lipinski definition) is 3. The Hall–Kier alpha value is -3.20. The molecule has 4 N–H and O–H groups in total. The van der Waals surface area contributed by atoms with E-state index in [9.17, 15) is 14.4 Å². The molecule has 1 spiro atoms. The molecule has 0 radical (unpaired) electrons. The van der Waals surface area contributed by atoms with Gasteiger partial charge in [0.25, 0.3) is 11.8 Å². The summed E-state index contributed by atoms with van der Waals surface area (Å²) in [6, 6.07) is 1.96. The quantitative estimate of drug-likeness (QED) is 0.673. The average molecular weight is 437 g/mol. The Morgan fingerprint density at radius 2 is 1.97 bits per heavy atom. The van der Waals surface area contributed by atoms with Gasteiger partial charge in [-0.2, -0.15) is 0 Å². The zero-order chi connectivity index (χ0) is 22.6. The third-order valence-electron chi connectivity index (χ3n) is 7.08. The number of amides is 2. The summed E-state index contributed by atoms with van der Waals surface area (Å²) in [5, 5.41) is 2.01. The molecule has 0 bridgehead atoms. The number of nitrogens with two attached hydrogens (primary N) is 1. The van der Waals surface area contributed by atoms with Gasteiger partial charge in [-0.25, -0.2) is 5.43 Å². The van der Waals surface area contributed by atoms with Gasteiger partial charge in [0, 0.05) is 44.5 Å². The number of aromatic nitrogens is 2. The maximum absolute atomic E-state index is 13.1. The van der Waals surface area contributed by atoms with Crippen LogP contribution in [0.3, 0.4) is 0 Å². The van der Waals surface area contributed by atoms with E-state index in [1.807, 2.05) is 9.91 Å². The summed E-state index contributed by atoms with van der Waals surface area (Å²) >= 11 is 0. The van der Waals surface area contributed by atoms with Crippen molar-refractivity contribution in [2.24, 2.45) is 11.1 Å². The topological polar surface area (TPSA) is 124 Å². The van der Waals surface area contributed by atoms with Crippen LogP contribution in [-0.4, -0.2) is 63.2 Å². The Balaban J connectivity index is 1.29. The second-order valence-electron chi connectivity index (χ2n) is 9.51. The predicted octanol–water partition coefficient (Wildman–Crippen LogP) is 1.73. The fourth-order valence-corrected chi connectivity index (χ4v) is 5.40. The molecule has 1 saturated heterocycles. The van der Waals surface area contributed by atoms with Crippen molar-refractivity contribution >= 4 is 28.6 Å². The van der Waals surface area contributed by atoms with Gasteiger partial charge in [0.15, 0.2) is 5.78 Å². The number of rotatable bonds is 3. The third-order valence-corrected chi connectivity index (χ3v) is 7.08. The standard InChI is InChI=1S/C23H28N6O3/c1-13(2)29-20-15(11-27-29)8-23(9-18(20)30)3-5-28(6-4-23)22(32)14-7-17-19(26-10-14)16(12-25-17)21(24)31/h7,10,12-13,25,27H,3-6,8-9,11H2,1-2H3,(H2,24,31). The first-order chi connectivity index (χ1) is 15.3. The summed E-state index contributed by atoms with van der Waals surface area (Å²) in [6.45, 7) is 6.13. The van der Waals surface area contributed by atoms with Gasteiger partial charge in [0.05, 0.1) is 22.3 Å². The Morgan fingerprint density at radius 1 is 1.22 bits per heavy atom. The number of ketones is 1. The Bertz CT molecular complexity index is 1160. The van der Waals surface area contributed by atoms with E-state index in [1.165, 1.54) is 18.0 Å². The monoisotopic (exact) mass is 436 g/mol. The Morgan fingerprint density at radius 3 is 2.66 bits per heavy atom. The zero-order valence-electron chi connectivity index (χ0n) is 18.4. The number of H-pyrrole nitrogens is 1. The number of nitrogens with one attached hydrogen (secondary N) is 2. The fourth-order valence-electron chi connectivity index (χ4n) is 5.40. The molecule has 3 aliphatic rings. The van der Waals surface area contributed by atoms with Crippen LogP contribution >= 0.6 is 0 Å². The number of Topliss-reactive ketones (excluding diaryl/α,β-unsaturated/α-hetero) is 1. The van der Waals surface area contributed by atoms with Crippen molar-refractivity contribution in [3.05, 3.63) is 40.9 Å². The SMILES string of the molecule is CC(C)N1NCC2=C1C(=O)CC1(CCN(C(=O)c3cnc4c(C(N)=O)c[nH]c4c3)CC1)C2. The van der Waals surface area contributed by atoms with Crippen molar-refractivity contribution in [2.75, 3.05) is 19.6 Å². The Labute approximate surface area is 186 Å². The number of nitrogens with zero attached hydrogens (tertiary/aromatic N) is 3. The van der Waals surface area contributed by atoms with Gasteiger partial charge in [0.2, 0.25) is 0 Å². The van der Waals surface area contributed by atoms with Crippen LogP contribution in [-0.2, 0) is 4.79 Å². The number of fused-ring (bicyclic) bond motifs is 1. The number of hydrogen-bond acceptors (Lipinski definition) is 6. The number of pyridine rings is 1. The van der Waals surface area contributed by atoms with Crippen molar-refractivity contribution in [3.8, 4) is 0 Å². The van der Waals surface area contributed by atoms with Gasteiger partial charge in [-0.05, 0) is 50.2 Å². The summed E-state index contributed by atoms with van der Waals surface area (Å²) in [6.07, 6.45) is 6.10. The molecule has 0 aromatic carbocycles. The van der Waals surface area contributed by atoms with E-state index in [0.29, 0.717) is 41.7 Å². The number of likely N-dealkylation sites (tertiary alicyclic amines) is 1. The first kappa shape index (κ1) is 20.7. The minimum absolute atomic E-state index is 0.0561. The second kappa shape index (κ2) is 7.44. The number of piperidine rings is 1. The van der Waals surface area contributed by atoms with Crippen molar-refractivity contribution in [1.82, 2.24) is 25.3 Å². The van der Waals surface area contributed by atoms with Gasteiger partial charge in [-0.3, -0.25) is 19.4 Å². The van der Waals surface area contributed by atoms with Crippen molar-refractivity contribution in [3.63, 3.8) is 0 Å². The highest BCUT2D eigenvalue weighted by atomic mass is 16.2. The van der Waals surface area contributed by atoms with Crippen molar-refractivity contribution in [2.45, 2.75) is 45.6 Å². The lowest BCUT2D eigenvalue weighted by Crippen LogP contribution is -2.46. The highest BCUT2D eigenvalue weighted by Gasteiger charge is 2.45. The lowest BCUT2D eigenvalue weighted by Gasteiger charge is -2.44. The summed E-state index contributed by atoms with van der Waals surface area (Å²) in [5.74, 6) is -0.421. The molecule has 1 fully saturated rings. The van der Waals surface area contributed by atoms with E-state index in [4.69, 9.17) is 5.73 Å². The van der Waals surface area contributed by atoms with Gasteiger partial charge in [-0.1, -0.05) is 0 Å². The number of aromatic amines is 1. The highest BCUT2D eigenvalue weighted by molar-refractivity contribution is 6.06. The van der Waals surface area contributed by atoms with Crippen LogP contribution in [0, 0.1) is 5.41 Å². The lowest BCUT2D eigenvalue weighted by atomic mass is 9.67. The highest BCUT2D eigenvalue weighted by Crippen LogP contribution is 2.47. The number of carbonyl (C=O) groups is 3. The van der Waals surface area contributed by atoms with E-state index in [2.05, 4.69) is 29.2 Å². The van der Waals surface area contributed by atoms with Crippen molar-refractivity contribution < 1.29 is 14.4 Å². The molecule has 2 aliphatic heterocycles. The summed E-state index contributed by atoms with van der Waals surface area (Å²) in [4.78, 5) is 46.7. The molecule has 0 unspecified atom stereocenters. The predicted molar refractivity (Wildman–Crippen MR) is 118 cm³/mol. The molecule has 9 heteroatoms. The van der Waals surface area contributed by atoms with Crippen molar-refractivity contribution in [1.29, 1.82) is 0 Å². The minimum atomic E-state index is -0.557. The zero-order valence-corrected chi connectivity index (χ0v) is 18.4. The summed E-state index contributed by atoms with van der Waals surface area (Å²) < 4.78 is 0. The van der Waals surface area contributed by atoms with E-state index in [-0.39, 0.29) is 23.1 Å². The largest absolute Gasteiger partial charge is 0.365 e. The lowest BCUT2D eigenvalue weighted by molar-refractivity contribution is -0.121. The molecule has 32 heavy (non-hydrogen) atoms. The van der Waals surface area contributed by atoms with Crippen LogP contribution in [0.1, 0.15) is 60.2 Å². The molecule has 5 rings (SSSR count). The van der Waals surface area contributed by atoms with Crippen LogP contribution in [0.2, 0.25) is 0 Å². The number of primary amides is 1. The van der Waals surface area contributed by atoms with E-state index in [1.54, 1.807) is 6.07 Å². The van der Waals surface area contributed by atoms with Gasteiger partial charge < -0.3 is 20.6 Å².